The predicted octanol–water partition coefficient (Wildman–Crippen LogP) is -1.36. The number of allylic oxidation sites excluding steroid dienone is 3. The van der Waals surface area contributed by atoms with Crippen molar-refractivity contribution in [3.8, 4) is 11.5 Å². The fourth-order valence-corrected chi connectivity index (χ4v) is 12.7. The lowest BCUT2D eigenvalue weighted by Gasteiger charge is -2.28. The van der Waals surface area contributed by atoms with Crippen molar-refractivity contribution in [2.75, 3.05) is 50.2 Å². The number of carbonyl (C=O) groups excluding carboxylic acids is 2. The molecule has 35 heteroatoms. The summed E-state index contributed by atoms with van der Waals surface area (Å²) < 4.78 is 54.5. The summed E-state index contributed by atoms with van der Waals surface area (Å²) in [6.45, 7) is 14.2. The number of rotatable bonds is 35. The van der Waals surface area contributed by atoms with Crippen LogP contribution >= 0.6 is 0 Å². The molecule has 0 aliphatic heterocycles. The second-order valence-electron chi connectivity index (χ2n) is 24.9. The van der Waals surface area contributed by atoms with Crippen LogP contribution in [0.2, 0.25) is 0 Å². The summed E-state index contributed by atoms with van der Waals surface area (Å²) in [7, 11) is -0.118. The number of esters is 2. The molecular weight excluding hydrogens is 1380 g/mol. The van der Waals surface area contributed by atoms with Crippen LogP contribution in [0.3, 0.4) is 0 Å². The molecule has 2 aliphatic rings. The van der Waals surface area contributed by atoms with Gasteiger partial charge < -0.3 is 60.2 Å². The monoisotopic (exact) mass is 1480 g/mol. The highest BCUT2D eigenvalue weighted by atomic mass is 32.2. The molecule has 3 aromatic carbocycles. The second kappa shape index (κ2) is 38.5. The molecule has 0 spiro atoms. The van der Waals surface area contributed by atoms with E-state index in [1.54, 1.807) is 6.92 Å². The third-order valence-electron chi connectivity index (χ3n) is 17.4. The van der Waals surface area contributed by atoms with Crippen LogP contribution < -0.4 is 71.3 Å². The van der Waals surface area contributed by atoms with E-state index in [1.807, 2.05) is 38.1 Å². The molecule has 34 nitrogen and oxygen atoms in total. The fourth-order valence-electron chi connectivity index (χ4n) is 11.4. The molecule has 3 aromatic heterocycles. The SMILES string of the molecule is C=CCn1c(=O)n(C)c(=O)n(CC(O)CNc2ccc(NCC(O)CC)cc2)c1=O.C=CCn1c(=O)n(C)c(=O)n(CC(O)COC(=O)C2C3CCC(C3)C2C(=O)OCC(O)CC)c1=O.C=CCn1c(=O)n(C)c(=O)n(CC(O)COc2ccc(S(=O)(=O)c3ccc(OCC(O)CC)cc3)cc2)c1=O. The number of nitrogens with one attached hydrogen (secondary N) is 2. The molecule has 6 aromatic rings. The number of benzene rings is 3. The normalized spacial score (nSPS) is 16.9. The molecule has 10 unspecified atom stereocenters. The zero-order valence-electron chi connectivity index (χ0n) is 58.8. The van der Waals surface area contributed by atoms with E-state index in [2.05, 4.69) is 30.4 Å². The van der Waals surface area contributed by atoms with Crippen LogP contribution in [-0.2, 0) is 89.3 Å². The van der Waals surface area contributed by atoms with Crippen molar-refractivity contribution >= 4 is 33.2 Å². The maximum atomic E-state index is 13.0. The second-order valence-corrected chi connectivity index (χ2v) is 26.9. The van der Waals surface area contributed by atoms with Crippen LogP contribution in [0.1, 0.15) is 59.3 Å². The van der Waals surface area contributed by atoms with E-state index in [0.29, 0.717) is 42.5 Å². The lowest BCUT2D eigenvalue weighted by atomic mass is 9.79. The maximum absolute atomic E-state index is 13.0. The van der Waals surface area contributed by atoms with E-state index in [0.717, 1.165) is 60.8 Å². The molecule has 3 heterocycles. The zero-order valence-corrected chi connectivity index (χ0v) is 59.7. The van der Waals surface area contributed by atoms with Gasteiger partial charge in [0, 0.05) is 45.6 Å². The summed E-state index contributed by atoms with van der Waals surface area (Å²) in [5, 5.41) is 66.1. The average Bonchev–Trinajstić information content (AvgIpc) is 1.70. The average molecular weight is 1480 g/mol. The number of hydrogen-bond acceptors (Lipinski definition) is 25. The van der Waals surface area contributed by atoms with Gasteiger partial charge in [0.2, 0.25) is 9.84 Å². The van der Waals surface area contributed by atoms with Crippen molar-refractivity contribution < 1.29 is 67.6 Å². The van der Waals surface area contributed by atoms with Crippen molar-refractivity contribution in [3.05, 3.63) is 205 Å². The molecule has 104 heavy (non-hydrogen) atoms. The van der Waals surface area contributed by atoms with E-state index < -0.39 is 141 Å². The van der Waals surface area contributed by atoms with Gasteiger partial charge in [0.1, 0.15) is 50.1 Å². The molecule has 8 N–H and O–H groups in total. The minimum atomic E-state index is -3.83. The standard InChI is InChI=1S/C26H31N3O9S.C23H33N3O9.C20H29N5O5/c1-4-14-28-24(32)27(3)25(33)29(26(28)34)15-19(31)17-38-21-8-12-23(13-9-21)39(35,36)22-10-6-20(7-11-22)37-16-18(30)5-2;1-4-8-25-21(31)24(3)22(32)26(23(25)33)10-16(28)12-35-20(30)18-14-7-6-13(9-14)17(18)19(29)34-11-15(27)5-2;1-4-10-24-18(28)23(3)19(29)25(20(24)30)13-17(27)12-22-15-8-6-14(7-9-15)21-11-16(26)5-2/h4,6-13,18-19,30-31H,1,5,14-17H2,2-3H3;4,13-18,27-28H,1,5-12H2,2-3H3;4,6-9,16-17,21-22,26-27H,1,5,10-13H2,2-3H3. The number of anilines is 2. The van der Waals surface area contributed by atoms with Crippen molar-refractivity contribution in [2.45, 2.75) is 145 Å². The molecule has 0 radical (unpaired) electrons. The Morgan fingerprint density at radius 1 is 0.442 bits per heavy atom. The molecule has 0 amide bonds. The van der Waals surface area contributed by atoms with Crippen LogP contribution in [0.4, 0.5) is 11.4 Å². The van der Waals surface area contributed by atoms with Gasteiger partial charge in [-0.25, -0.2) is 92.7 Å². The summed E-state index contributed by atoms with van der Waals surface area (Å²) in [6.07, 6.45) is 2.48. The molecule has 568 valence electrons. The van der Waals surface area contributed by atoms with Gasteiger partial charge in [-0.1, -0.05) is 39.0 Å². The molecule has 0 saturated heterocycles. The highest BCUT2D eigenvalue weighted by Crippen LogP contribution is 2.53. The number of ether oxygens (including phenoxy) is 4. The number of hydrogen-bond donors (Lipinski definition) is 8. The van der Waals surface area contributed by atoms with Gasteiger partial charge >= 0.3 is 63.1 Å². The first-order chi connectivity index (χ1) is 49.4. The summed E-state index contributed by atoms with van der Waals surface area (Å²) >= 11 is 0. The lowest BCUT2D eigenvalue weighted by molar-refractivity contribution is -0.166. The molecule has 8 rings (SSSR count). The Balaban J connectivity index is 0.000000247. The lowest BCUT2D eigenvalue weighted by Crippen LogP contribution is -2.54. The number of aliphatic hydroxyl groups is 6. The van der Waals surface area contributed by atoms with Crippen LogP contribution in [0.15, 0.2) is 164 Å². The minimum absolute atomic E-state index is 0.00116. The fraction of sp³-hybridized carbons (Fsp3) is 0.493. The smallest absolute Gasteiger partial charge is 0.336 e. The van der Waals surface area contributed by atoms with Gasteiger partial charge in [0.25, 0.3) is 0 Å². The van der Waals surface area contributed by atoms with E-state index in [1.165, 1.54) is 87.9 Å². The van der Waals surface area contributed by atoms with Crippen LogP contribution in [0.25, 0.3) is 0 Å². The van der Waals surface area contributed by atoms with E-state index in [4.69, 9.17) is 18.9 Å². The number of fused-ring (bicyclic) bond motifs is 2. The van der Waals surface area contributed by atoms with Crippen molar-refractivity contribution in [2.24, 2.45) is 44.8 Å². The first kappa shape index (κ1) is 82.9. The van der Waals surface area contributed by atoms with Crippen LogP contribution in [0, 0.1) is 23.7 Å². The Hall–Kier alpha value is -10.0. The number of carbonyl (C=O) groups is 2. The number of nitrogens with zero attached hydrogens (tertiary/aromatic N) is 9. The summed E-state index contributed by atoms with van der Waals surface area (Å²) in [4.78, 5) is 137. The Morgan fingerprint density at radius 2 is 0.740 bits per heavy atom. The molecule has 2 saturated carbocycles. The Morgan fingerprint density at radius 3 is 1.09 bits per heavy atom. The third kappa shape index (κ3) is 21.1. The summed E-state index contributed by atoms with van der Waals surface area (Å²) in [5.74, 6) is -1.90. The highest BCUT2D eigenvalue weighted by Gasteiger charge is 2.55. The van der Waals surface area contributed by atoms with Gasteiger partial charge in [-0.05, 0) is 123 Å². The number of aromatic nitrogens is 9. The Labute approximate surface area is 596 Å². The first-order valence-electron chi connectivity index (χ1n) is 33.6. The molecule has 2 bridgehead atoms. The number of sulfone groups is 1. The third-order valence-corrected chi connectivity index (χ3v) is 19.2. The highest BCUT2D eigenvalue weighted by molar-refractivity contribution is 7.91. The van der Waals surface area contributed by atoms with Crippen molar-refractivity contribution in [1.82, 2.24) is 41.1 Å². The van der Waals surface area contributed by atoms with Crippen LogP contribution in [0.5, 0.6) is 11.5 Å². The van der Waals surface area contributed by atoms with Gasteiger partial charge in [-0.2, -0.15) is 0 Å². The van der Waals surface area contributed by atoms with Crippen molar-refractivity contribution in [1.29, 1.82) is 0 Å². The molecular formula is C69H93N11O23S. The minimum Gasteiger partial charge on any atom is -0.491 e. The molecule has 2 aliphatic carbocycles. The summed E-state index contributed by atoms with van der Waals surface area (Å²) in [5.41, 5.74) is -5.87. The first-order valence-corrected chi connectivity index (χ1v) is 35.1. The van der Waals surface area contributed by atoms with Gasteiger partial charge in [-0.3, -0.25) is 9.59 Å². The largest absolute Gasteiger partial charge is 0.491 e. The zero-order chi connectivity index (χ0) is 76.9. The van der Waals surface area contributed by atoms with Gasteiger partial charge in [0.15, 0.2) is 0 Å². The maximum Gasteiger partial charge on any atom is 0.336 e. The van der Waals surface area contributed by atoms with Crippen LogP contribution in [-0.4, -0.2) is 168 Å². The van der Waals surface area contributed by atoms with E-state index >= 15 is 0 Å². The quantitative estimate of drug-likeness (QED) is 0.0168. The summed E-state index contributed by atoms with van der Waals surface area (Å²) in [6, 6.07) is 18.7. The Kier molecular flexibility index (Phi) is 30.7. The van der Waals surface area contributed by atoms with E-state index in [9.17, 15) is 91.8 Å². The number of aliphatic hydroxyl groups excluding tert-OH is 6. The van der Waals surface area contributed by atoms with Gasteiger partial charge in [0.05, 0.1) is 85.3 Å². The van der Waals surface area contributed by atoms with Gasteiger partial charge in [-0.15, -0.1) is 19.7 Å². The van der Waals surface area contributed by atoms with Crippen molar-refractivity contribution in [3.63, 3.8) is 0 Å². The topological polar surface area (TPSA) is 449 Å². The Bertz CT molecular complexity index is 4650. The predicted molar refractivity (Wildman–Crippen MR) is 381 cm³/mol. The molecule has 2 fully saturated rings. The molecule has 10 atom stereocenters. The van der Waals surface area contributed by atoms with E-state index in [-0.39, 0.29) is 79.9 Å².